The van der Waals surface area contributed by atoms with Gasteiger partial charge in [0.1, 0.15) is 0 Å². The molecule has 0 radical (unpaired) electrons. The summed E-state index contributed by atoms with van der Waals surface area (Å²) in [5, 5.41) is 0. The van der Waals surface area contributed by atoms with Gasteiger partial charge in [0.2, 0.25) is 0 Å². The van der Waals surface area contributed by atoms with E-state index in [1.165, 1.54) is 16.4 Å². The Bertz CT molecular complexity index is 425. The quantitative estimate of drug-likeness (QED) is 0.424. The predicted molar refractivity (Wildman–Crippen MR) is 82.0 cm³/mol. The van der Waals surface area contributed by atoms with Crippen molar-refractivity contribution in [2.45, 2.75) is 33.6 Å². The molecule has 0 nitrogen and oxygen atoms in total. The molecule has 0 spiro atoms. The molecule has 4 atom stereocenters. The van der Waals surface area contributed by atoms with E-state index in [2.05, 4.69) is 67.7 Å². The normalized spacial score (nSPS) is 42.6. The van der Waals surface area contributed by atoms with E-state index < -0.39 is 0 Å². The highest BCUT2D eigenvalue weighted by atomic mass is 127. The fourth-order valence-corrected chi connectivity index (χ4v) is 4.95. The van der Waals surface area contributed by atoms with Crippen molar-refractivity contribution in [2.75, 3.05) is 0 Å². The van der Waals surface area contributed by atoms with E-state index in [1.807, 2.05) is 0 Å². The van der Waals surface area contributed by atoms with E-state index in [1.54, 1.807) is 5.57 Å². The molecular formula is C16H21I. The number of allylic oxidation sites excluding steroid dienone is 6. The zero-order valence-corrected chi connectivity index (χ0v) is 13.1. The van der Waals surface area contributed by atoms with E-state index >= 15 is 0 Å². The first kappa shape index (κ1) is 12.0. The summed E-state index contributed by atoms with van der Waals surface area (Å²) in [4.78, 5) is 0. The summed E-state index contributed by atoms with van der Waals surface area (Å²) in [7, 11) is 0. The van der Waals surface area contributed by atoms with Gasteiger partial charge in [0.25, 0.3) is 0 Å². The smallest absolute Gasteiger partial charge is 0.00901 e. The molecule has 0 amide bonds. The van der Waals surface area contributed by atoms with Gasteiger partial charge in [-0.05, 0) is 71.4 Å². The highest BCUT2D eigenvalue weighted by Crippen LogP contribution is 2.61. The lowest BCUT2D eigenvalue weighted by Crippen LogP contribution is -2.28. The molecule has 17 heavy (non-hydrogen) atoms. The first-order chi connectivity index (χ1) is 8.00. The van der Waals surface area contributed by atoms with Gasteiger partial charge in [0.15, 0.2) is 0 Å². The van der Waals surface area contributed by atoms with Crippen molar-refractivity contribution in [3.8, 4) is 0 Å². The van der Waals surface area contributed by atoms with Crippen LogP contribution in [0.25, 0.3) is 0 Å². The summed E-state index contributed by atoms with van der Waals surface area (Å²) in [6.45, 7) is 7.30. The van der Waals surface area contributed by atoms with Gasteiger partial charge in [0.05, 0.1) is 0 Å². The van der Waals surface area contributed by atoms with Gasteiger partial charge in [-0.15, -0.1) is 0 Å². The fraction of sp³-hybridized carbons (Fsp3) is 0.625. The summed E-state index contributed by atoms with van der Waals surface area (Å²) in [5.41, 5.74) is 2.08. The van der Waals surface area contributed by atoms with Crippen LogP contribution in [-0.4, -0.2) is 0 Å². The average Bonchev–Trinajstić information content (AvgIpc) is 2.49. The van der Waals surface area contributed by atoms with Crippen molar-refractivity contribution in [2.24, 2.45) is 29.1 Å². The molecule has 1 fully saturated rings. The average molecular weight is 340 g/mol. The monoisotopic (exact) mass is 340 g/mol. The molecule has 1 heteroatoms. The minimum absolute atomic E-state index is 0.464. The van der Waals surface area contributed by atoms with Gasteiger partial charge in [-0.3, -0.25) is 0 Å². The molecule has 3 rings (SSSR count). The predicted octanol–water partition coefficient (Wildman–Crippen LogP) is 5.12. The Balaban J connectivity index is 2.01. The third-order valence-electron chi connectivity index (χ3n) is 5.34. The Kier molecular flexibility index (Phi) is 2.81. The van der Waals surface area contributed by atoms with Gasteiger partial charge in [0, 0.05) is 3.58 Å². The molecule has 3 aliphatic carbocycles. The number of fused-ring (bicyclic) bond motifs is 3. The van der Waals surface area contributed by atoms with Crippen molar-refractivity contribution >= 4 is 22.6 Å². The van der Waals surface area contributed by atoms with E-state index in [-0.39, 0.29) is 0 Å². The molecular weight excluding hydrogens is 319 g/mol. The maximum Gasteiger partial charge on any atom is 0.00901 e. The van der Waals surface area contributed by atoms with Gasteiger partial charge >= 0.3 is 0 Å². The van der Waals surface area contributed by atoms with Crippen LogP contribution in [0.2, 0.25) is 0 Å². The minimum atomic E-state index is 0.464. The summed E-state index contributed by atoms with van der Waals surface area (Å²) < 4.78 is 1.43. The van der Waals surface area contributed by atoms with Crippen LogP contribution < -0.4 is 0 Å². The van der Waals surface area contributed by atoms with Crippen molar-refractivity contribution in [1.82, 2.24) is 0 Å². The SMILES string of the molecule is CC1=CCC2C3C=CC(I)=CC3C(C)(C)C2C1. The molecule has 0 heterocycles. The Morgan fingerprint density at radius 3 is 2.88 bits per heavy atom. The lowest BCUT2D eigenvalue weighted by molar-refractivity contribution is 0.183. The van der Waals surface area contributed by atoms with Crippen LogP contribution >= 0.6 is 22.6 Å². The van der Waals surface area contributed by atoms with Gasteiger partial charge in [-0.1, -0.05) is 43.7 Å². The summed E-state index contributed by atoms with van der Waals surface area (Å²) in [6.07, 6.45) is 12.5. The van der Waals surface area contributed by atoms with E-state index in [0.29, 0.717) is 5.41 Å². The van der Waals surface area contributed by atoms with Crippen molar-refractivity contribution in [1.29, 1.82) is 0 Å². The highest BCUT2D eigenvalue weighted by molar-refractivity contribution is 14.1. The Hall–Kier alpha value is -0.0500. The number of rotatable bonds is 0. The molecule has 4 unspecified atom stereocenters. The Labute approximate surface area is 118 Å². The maximum atomic E-state index is 2.53. The topological polar surface area (TPSA) is 0 Å². The molecule has 0 saturated heterocycles. The highest BCUT2D eigenvalue weighted by Gasteiger charge is 2.53. The molecule has 1 saturated carbocycles. The molecule has 92 valence electrons. The second-order valence-corrected chi connectivity index (χ2v) is 7.84. The largest absolute Gasteiger partial charge is 0.0853 e. The van der Waals surface area contributed by atoms with Crippen molar-refractivity contribution in [3.05, 3.63) is 33.5 Å². The molecule has 0 aromatic rings. The first-order valence-corrected chi connectivity index (χ1v) is 7.79. The molecule has 0 N–H and O–H groups in total. The second-order valence-electron chi connectivity index (χ2n) is 6.60. The zero-order valence-electron chi connectivity index (χ0n) is 10.9. The first-order valence-electron chi connectivity index (χ1n) is 6.71. The van der Waals surface area contributed by atoms with Gasteiger partial charge in [-0.25, -0.2) is 0 Å². The van der Waals surface area contributed by atoms with E-state index in [0.717, 1.165) is 23.7 Å². The van der Waals surface area contributed by atoms with Gasteiger partial charge < -0.3 is 0 Å². The van der Waals surface area contributed by atoms with E-state index in [4.69, 9.17) is 0 Å². The van der Waals surface area contributed by atoms with Crippen molar-refractivity contribution in [3.63, 3.8) is 0 Å². The molecule has 0 aromatic heterocycles. The number of hydrogen-bond acceptors (Lipinski definition) is 0. The summed E-state index contributed by atoms with van der Waals surface area (Å²) in [6, 6.07) is 0. The van der Waals surface area contributed by atoms with Crippen LogP contribution in [0.3, 0.4) is 0 Å². The van der Waals surface area contributed by atoms with Crippen LogP contribution in [0.15, 0.2) is 33.5 Å². The van der Waals surface area contributed by atoms with Crippen LogP contribution in [0.5, 0.6) is 0 Å². The lowest BCUT2D eigenvalue weighted by atomic mass is 9.69. The fourth-order valence-electron chi connectivity index (χ4n) is 4.35. The van der Waals surface area contributed by atoms with Gasteiger partial charge in [-0.2, -0.15) is 0 Å². The maximum absolute atomic E-state index is 2.53. The summed E-state index contributed by atoms with van der Waals surface area (Å²) >= 11 is 2.47. The van der Waals surface area contributed by atoms with Crippen LogP contribution in [0, 0.1) is 29.1 Å². The Morgan fingerprint density at radius 2 is 2.12 bits per heavy atom. The third-order valence-corrected chi connectivity index (χ3v) is 6.06. The van der Waals surface area contributed by atoms with Crippen LogP contribution in [0.4, 0.5) is 0 Å². The molecule has 0 aromatic carbocycles. The van der Waals surface area contributed by atoms with Crippen molar-refractivity contribution < 1.29 is 0 Å². The summed E-state index contributed by atoms with van der Waals surface area (Å²) in [5.74, 6) is 3.31. The third kappa shape index (κ3) is 1.76. The molecule has 0 bridgehead atoms. The Morgan fingerprint density at radius 1 is 1.35 bits per heavy atom. The number of halogens is 1. The van der Waals surface area contributed by atoms with Crippen LogP contribution in [-0.2, 0) is 0 Å². The molecule has 3 aliphatic rings. The standard InChI is InChI=1S/C16H21I/c1-10-4-6-12-13-7-5-11(17)9-15(13)16(2,3)14(12)8-10/h4-5,7,9,12-15H,6,8H2,1-3H3. The van der Waals surface area contributed by atoms with E-state index in [9.17, 15) is 0 Å². The lowest BCUT2D eigenvalue weighted by Gasteiger charge is -2.35. The number of hydrogen-bond donors (Lipinski definition) is 0. The van der Waals surface area contributed by atoms with Crippen LogP contribution in [0.1, 0.15) is 33.6 Å². The zero-order chi connectivity index (χ0) is 12.2. The molecule has 0 aliphatic heterocycles. The minimum Gasteiger partial charge on any atom is -0.0853 e. The second kappa shape index (κ2) is 3.97.